The van der Waals surface area contributed by atoms with E-state index in [2.05, 4.69) is 0 Å². The summed E-state index contributed by atoms with van der Waals surface area (Å²) in [7, 11) is 0. The number of hydrogen-bond donors (Lipinski definition) is 1. The van der Waals surface area contributed by atoms with Crippen LogP contribution in [0.4, 0.5) is 0 Å². The van der Waals surface area contributed by atoms with Crippen LogP contribution in [0.25, 0.3) is 0 Å². The van der Waals surface area contributed by atoms with Gasteiger partial charge in [-0.05, 0) is 20.3 Å². The first-order valence-corrected chi connectivity index (χ1v) is 4.80. The highest BCUT2D eigenvalue weighted by molar-refractivity contribution is 5.88. The smallest absolute Gasteiger partial charge is 0.328 e. The van der Waals surface area contributed by atoms with E-state index in [4.69, 9.17) is 10.5 Å². The summed E-state index contributed by atoms with van der Waals surface area (Å²) in [5.74, 6) is -0.527. The van der Waals surface area contributed by atoms with Gasteiger partial charge in [0.15, 0.2) is 0 Å². The lowest BCUT2D eigenvalue weighted by atomic mass is 10.3. The van der Waals surface area contributed by atoms with E-state index in [-0.39, 0.29) is 11.9 Å². The summed E-state index contributed by atoms with van der Waals surface area (Å²) in [6.45, 7) is 4.27. The average molecular weight is 200 g/mol. The van der Waals surface area contributed by atoms with Gasteiger partial charge in [0.2, 0.25) is 5.91 Å². The molecule has 0 aliphatic carbocycles. The molecule has 1 amide bonds. The summed E-state index contributed by atoms with van der Waals surface area (Å²) in [4.78, 5) is 24.2. The standard InChI is InChI=1S/C9H16N2O3/c1-3-14-9(13)6(2)11-5-4-7(10)8(11)12/h6-7H,3-5,10H2,1-2H3. The first kappa shape index (κ1) is 11.0. The lowest BCUT2D eigenvalue weighted by Gasteiger charge is -2.22. The van der Waals surface area contributed by atoms with E-state index in [9.17, 15) is 9.59 Å². The highest BCUT2D eigenvalue weighted by atomic mass is 16.5. The highest BCUT2D eigenvalue weighted by Gasteiger charge is 2.35. The van der Waals surface area contributed by atoms with Crippen molar-refractivity contribution in [1.82, 2.24) is 4.90 Å². The number of esters is 1. The summed E-state index contributed by atoms with van der Waals surface area (Å²) in [6.07, 6.45) is 0.614. The number of ether oxygens (including phenoxy) is 1. The van der Waals surface area contributed by atoms with Crippen molar-refractivity contribution in [1.29, 1.82) is 0 Å². The molecule has 0 saturated carbocycles. The van der Waals surface area contributed by atoms with Crippen LogP contribution in [0.5, 0.6) is 0 Å². The SMILES string of the molecule is CCOC(=O)C(C)N1CCC(N)C1=O. The second-order valence-electron chi connectivity index (χ2n) is 3.35. The zero-order chi connectivity index (χ0) is 10.7. The Bertz CT molecular complexity index is 242. The van der Waals surface area contributed by atoms with E-state index in [1.807, 2.05) is 0 Å². The Labute approximate surface area is 83.2 Å². The van der Waals surface area contributed by atoms with Crippen LogP contribution in [0, 0.1) is 0 Å². The third kappa shape index (κ3) is 2.04. The molecule has 0 bridgehead atoms. The lowest BCUT2D eigenvalue weighted by molar-refractivity contribution is -0.152. The van der Waals surface area contributed by atoms with Gasteiger partial charge in [0.25, 0.3) is 0 Å². The van der Waals surface area contributed by atoms with E-state index in [1.165, 1.54) is 4.90 Å². The molecule has 1 aliphatic rings. The van der Waals surface area contributed by atoms with Gasteiger partial charge in [-0.15, -0.1) is 0 Å². The first-order valence-electron chi connectivity index (χ1n) is 4.80. The predicted octanol–water partition coefficient (Wildman–Crippen LogP) is -0.502. The summed E-state index contributed by atoms with van der Waals surface area (Å²) in [5.41, 5.74) is 5.54. The molecule has 2 N–H and O–H groups in total. The third-order valence-corrected chi connectivity index (χ3v) is 2.38. The van der Waals surface area contributed by atoms with Crippen molar-refractivity contribution in [2.45, 2.75) is 32.4 Å². The van der Waals surface area contributed by atoms with E-state index >= 15 is 0 Å². The minimum Gasteiger partial charge on any atom is -0.464 e. The number of rotatable bonds is 3. The van der Waals surface area contributed by atoms with Gasteiger partial charge in [0.1, 0.15) is 6.04 Å². The predicted molar refractivity (Wildman–Crippen MR) is 50.4 cm³/mol. The van der Waals surface area contributed by atoms with Crippen LogP contribution in [-0.4, -0.2) is 42.0 Å². The number of likely N-dealkylation sites (tertiary alicyclic amines) is 1. The quantitative estimate of drug-likeness (QED) is 0.623. The number of amides is 1. The van der Waals surface area contributed by atoms with E-state index < -0.39 is 12.1 Å². The molecule has 0 spiro atoms. The van der Waals surface area contributed by atoms with E-state index in [0.717, 1.165) is 0 Å². The molecule has 5 nitrogen and oxygen atoms in total. The monoisotopic (exact) mass is 200 g/mol. The highest BCUT2D eigenvalue weighted by Crippen LogP contribution is 2.13. The van der Waals surface area contributed by atoms with Crippen LogP contribution in [0.3, 0.4) is 0 Å². The van der Waals surface area contributed by atoms with E-state index in [0.29, 0.717) is 19.6 Å². The number of hydrogen-bond acceptors (Lipinski definition) is 4. The Morgan fingerprint density at radius 2 is 2.43 bits per heavy atom. The molecule has 5 heteroatoms. The molecule has 1 fully saturated rings. The molecule has 0 aromatic carbocycles. The molecule has 1 heterocycles. The van der Waals surface area contributed by atoms with Crippen LogP contribution < -0.4 is 5.73 Å². The molecule has 0 aromatic rings. The molecular formula is C9H16N2O3. The Balaban J connectivity index is 2.57. The van der Waals surface area contributed by atoms with Gasteiger partial charge in [-0.25, -0.2) is 4.79 Å². The van der Waals surface area contributed by atoms with Crippen LogP contribution in [0.15, 0.2) is 0 Å². The maximum absolute atomic E-state index is 11.4. The lowest BCUT2D eigenvalue weighted by Crippen LogP contribution is -2.44. The Morgan fingerprint density at radius 1 is 1.79 bits per heavy atom. The normalized spacial score (nSPS) is 23.8. The molecule has 1 aliphatic heterocycles. The van der Waals surface area contributed by atoms with Crippen LogP contribution in [0.1, 0.15) is 20.3 Å². The summed E-state index contributed by atoms with van der Waals surface area (Å²) in [6, 6.07) is -0.970. The Kier molecular flexibility index (Phi) is 3.46. The maximum Gasteiger partial charge on any atom is 0.328 e. The van der Waals surface area contributed by atoms with Crippen molar-refractivity contribution in [3.63, 3.8) is 0 Å². The van der Waals surface area contributed by atoms with Gasteiger partial charge in [-0.1, -0.05) is 0 Å². The molecule has 2 unspecified atom stereocenters. The molecule has 0 radical (unpaired) electrons. The summed E-state index contributed by atoms with van der Waals surface area (Å²) < 4.78 is 4.83. The zero-order valence-corrected chi connectivity index (χ0v) is 8.53. The van der Waals surface area contributed by atoms with Crippen LogP contribution >= 0.6 is 0 Å². The van der Waals surface area contributed by atoms with Crippen molar-refractivity contribution in [3.8, 4) is 0 Å². The van der Waals surface area contributed by atoms with Gasteiger partial charge < -0.3 is 15.4 Å². The fraction of sp³-hybridized carbons (Fsp3) is 0.778. The maximum atomic E-state index is 11.4. The Hall–Kier alpha value is -1.10. The average Bonchev–Trinajstić information content (AvgIpc) is 2.47. The summed E-state index contributed by atoms with van der Waals surface area (Å²) >= 11 is 0. The number of nitrogens with zero attached hydrogens (tertiary/aromatic N) is 1. The largest absolute Gasteiger partial charge is 0.464 e. The molecule has 14 heavy (non-hydrogen) atoms. The second-order valence-corrected chi connectivity index (χ2v) is 3.35. The van der Waals surface area contributed by atoms with Crippen LogP contribution in [-0.2, 0) is 14.3 Å². The van der Waals surface area contributed by atoms with Crippen molar-refractivity contribution < 1.29 is 14.3 Å². The van der Waals surface area contributed by atoms with Crippen molar-refractivity contribution >= 4 is 11.9 Å². The van der Waals surface area contributed by atoms with Crippen molar-refractivity contribution in [2.24, 2.45) is 5.73 Å². The van der Waals surface area contributed by atoms with Gasteiger partial charge in [-0.2, -0.15) is 0 Å². The molecule has 0 aromatic heterocycles. The fourth-order valence-electron chi connectivity index (χ4n) is 1.50. The fourth-order valence-corrected chi connectivity index (χ4v) is 1.50. The number of carbonyl (C=O) groups excluding carboxylic acids is 2. The molecule has 2 atom stereocenters. The van der Waals surface area contributed by atoms with E-state index in [1.54, 1.807) is 13.8 Å². The zero-order valence-electron chi connectivity index (χ0n) is 8.53. The van der Waals surface area contributed by atoms with Crippen LogP contribution in [0.2, 0.25) is 0 Å². The molecule has 1 saturated heterocycles. The second kappa shape index (κ2) is 4.41. The molecule has 80 valence electrons. The van der Waals surface area contributed by atoms with Crippen molar-refractivity contribution in [3.05, 3.63) is 0 Å². The van der Waals surface area contributed by atoms with Gasteiger partial charge in [0.05, 0.1) is 12.6 Å². The minimum atomic E-state index is -0.518. The minimum absolute atomic E-state index is 0.162. The number of nitrogens with two attached hydrogens (primary N) is 1. The molecule has 1 rings (SSSR count). The first-order chi connectivity index (χ1) is 6.57. The third-order valence-electron chi connectivity index (χ3n) is 2.38. The summed E-state index contributed by atoms with van der Waals surface area (Å²) in [5, 5.41) is 0. The Morgan fingerprint density at radius 3 is 2.86 bits per heavy atom. The van der Waals surface area contributed by atoms with Gasteiger partial charge in [0, 0.05) is 6.54 Å². The van der Waals surface area contributed by atoms with Gasteiger partial charge >= 0.3 is 5.97 Å². The number of carbonyl (C=O) groups is 2. The topological polar surface area (TPSA) is 72.6 Å². The molecular weight excluding hydrogens is 184 g/mol. The van der Waals surface area contributed by atoms with Gasteiger partial charge in [-0.3, -0.25) is 4.79 Å². The van der Waals surface area contributed by atoms with Crippen molar-refractivity contribution in [2.75, 3.05) is 13.2 Å².